The zero-order chi connectivity index (χ0) is 37.7. The number of hydrogen-bond acceptors (Lipinski definition) is 7. The third-order valence-corrected chi connectivity index (χ3v) is 10.7. The molecule has 0 spiro atoms. The number of benzene rings is 2. The Morgan fingerprint density at radius 2 is 1.47 bits per heavy atom. The average Bonchev–Trinajstić information content (AvgIpc) is 3.29. The summed E-state index contributed by atoms with van der Waals surface area (Å²) in [7, 11) is -4.59. The lowest BCUT2D eigenvalue weighted by molar-refractivity contribution is -0.171. The molecule has 0 saturated heterocycles. The van der Waals surface area contributed by atoms with Crippen molar-refractivity contribution in [3.05, 3.63) is 70.4 Å². The van der Waals surface area contributed by atoms with Gasteiger partial charge in [-0.2, -0.15) is 44.5 Å². The highest BCUT2D eigenvalue weighted by Gasteiger charge is 2.59. The molecule has 5 rings (SSSR count). The Morgan fingerprint density at radius 1 is 0.882 bits per heavy atom. The second-order valence-corrected chi connectivity index (χ2v) is 14.6. The molecule has 0 radical (unpaired) electrons. The minimum atomic E-state index is -6.13. The SMILES string of the molecule is CN1Cc2c(C3CCC(O)CC3)ccc(Nc3nc(Nc4ccc(C(CC(F)(F)F)(CC(F)(F)F)P(=O)(O)O)cc4)ncc3C(F)(F)F)c2C1=O. The monoisotopic (exact) mass is 755 g/mol. The van der Waals surface area contributed by atoms with Gasteiger partial charge in [0.25, 0.3) is 5.91 Å². The molecule has 1 fully saturated rings. The van der Waals surface area contributed by atoms with Gasteiger partial charge in [0, 0.05) is 25.5 Å². The van der Waals surface area contributed by atoms with E-state index in [0.717, 1.165) is 17.7 Å². The quantitative estimate of drug-likeness (QED) is 0.109. The molecule has 0 atom stereocenters. The molecule has 10 nitrogen and oxygen atoms in total. The van der Waals surface area contributed by atoms with Crippen LogP contribution in [0.2, 0.25) is 0 Å². The number of halogens is 9. The van der Waals surface area contributed by atoms with Crippen molar-refractivity contribution in [3.8, 4) is 0 Å². The molecule has 20 heteroatoms. The minimum Gasteiger partial charge on any atom is -0.393 e. The number of aliphatic hydroxyl groups excluding tert-OH is 1. The summed E-state index contributed by atoms with van der Waals surface area (Å²) in [5, 5.41) is 11.3. The van der Waals surface area contributed by atoms with Crippen LogP contribution < -0.4 is 10.6 Å². The highest BCUT2D eigenvalue weighted by atomic mass is 31.2. The number of amides is 1. The molecule has 1 aliphatic heterocycles. The van der Waals surface area contributed by atoms with Crippen LogP contribution in [0.1, 0.15) is 77.1 Å². The highest BCUT2D eigenvalue weighted by molar-refractivity contribution is 7.53. The molecular weight excluding hydrogens is 724 g/mol. The van der Waals surface area contributed by atoms with Crippen LogP contribution in [0.4, 0.5) is 62.7 Å². The summed E-state index contributed by atoms with van der Waals surface area (Å²) in [5.41, 5.74) is -0.848. The molecule has 0 unspecified atom stereocenters. The van der Waals surface area contributed by atoms with E-state index in [0.29, 0.717) is 49.6 Å². The number of hydrogen-bond donors (Lipinski definition) is 5. The largest absolute Gasteiger partial charge is 0.421 e. The molecule has 1 aromatic heterocycles. The van der Waals surface area contributed by atoms with E-state index in [1.807, 2.05) is 0 Å². The van der Waals surface area contributed by atoms with Gasteiger partial charge in [-0.25, -0.2) is 4.98 Å². The van der Waals surface area contributed by atoms with Gasteiger partial charge in [-0.1, -0.05) is 18.2 Å². The second-order valence-electron chi connectivity index (χ2n) is 12.7. The maximum Gasteiger partial charge on any atom is 0.421 e. The maximum atomic E-state index is 14.1. The molecule has 51 heavy (non-hydrogen) atoms. The van der Waals surface area contributed by atoms with Gasteiger partial charge in [0.1, 0.15) is 16.5 Å². The fourth-order valence-corrected chi connectivity index (χ4v) is 7.88. The van der Waals surface area contributed by atoms with E-state index in [1.165, 1.54) is 18.0 Å². The molecule has 278 valence electrons. The Morgan fingerprint density at radius 3 is 2.00 bits per heavy atom. The maximum absolute atomic E-state index is 14.1. The van der Waals surface area contributed by atoms with E-state index >= 15 is 0 Å². The number of anilines is 4. The van der Waals surface area contributed by atoms with E-state index in [4.69, 9.17) is 0 Å². The first-order valence-corrected chi connectivity index (χ1v) is 17.0. The minimum absolute atomic E-state index is 0.0153. The van der Waals surface area contributed by atoms with E-state index < -0.39 is 79.0 Å². The number of aromatic nitrogens is 2. The van der Waals surface area contributed by atoms with E-state index in [9.17, 15) is 63.8 Å². The van der Waals surface area contributed by atoms with Gasteiger partial charge in [-0.05, 0) is 66.5 Å². The van der Waals surface area contributed by atoms with E-state index in [2.05, 4.69) is 20.6 Å². The van der Waals surface area contributed by atoms with Crippen molar-refractivity contribution >= 4 is 36.6 Å². The molecule has 1 aliphatic carbocycles. The number of carbonyl (C=O) groups excluding carboxylic acids is 1. The number of rotatable bonds is 9. The highest BCUT2D eigenvalue weighted by Crippen LogP contribution is 2.65. The van der Waals surface area contributed by atoms with Crippen molar-refractivity contribution in [2.75, 3.05) is 17.7 Å². The molecule has 1 saturated carbocycles. The number of carbonyl (C=O) groups is 1. The number of alkyl halides is 9. The van der Waals surface area contributed by atoms with Crippen molar-refractivity contribution in [1.82, 2.24) is 14.9 Å². The molecule has 5 N–H and O–H groups in total. The first-order valence-electron chi connectivity index (χ1n) is 15.3. The Labute approximate surface area is 284 Å². The Kier molecular flexibility index (Phi) is 10.2. The third kappa shape index (κ3) is 8.42. The van der Waals surface area contributed by atoms with Crippen molar-refractivity contribution in [1.29, 1.82) is 0 Å². The summed E-state index contributed by atoms with van der Waals surface area (Å²) in [6.07, 6.45) is -18.4. The predicted molar refractivity (Wildman–Crippen MR) is 165 cm³/mol. The summed E-state index contributed by atoms with van der Waals surface area (Å²) in [6.45, 7) is 0.200. The van der Waals surface area contributed by atoms with Crippen molar-refractivity contribution in [2.24, 2.45) is 0 Å². The van der Waals surface area contributed by atoms with Crippen LogP contribution in [0.3, 0.4) is 0 Å². The Balaban J connectivity index is 1.49. The fraction of sp³-hybridized carbons (Fsp3) is 0.452. The van der Waals surface area contributed by atoms with Crippen LogP contribution >= 0.6 is 7.60 Å². The summed E-state index contributed by atoms with van der Waals surface area (Å²) in [5.74, 6) is -1.72. The van der Waals surface area contributed by atoms with Gasteiger partial charge in [0.05, 0.1) is 30.2 Å². The first kappa shape index (κ1) is 38.3. The Bertz CT molecular complexity index is 1810. The number of nitrogens with one attached hydrogen (secondary N) is 2. The standard InChI is InChI=1S/C31H31F9N5O5P/c1-45-13-21-20(16-2-8-19(46)9-3-16)10-11-23(24(21)26(45)47)43-25-22(31(38,39)40)12-41-27(44-25)42-18-6-4-17(5-7-18)28(51(48,49)50,14-29(32,33)34)15-30(35,36)37/h4-7,10-12,16,19,46H,2-3,8-9,13-15H2,1H3,(H2,48,49,50)(H2,41,42,43,44). The summed E-state index contributed by atoms with van der Waals surface area (Å²) >= 11 is 0. The van der Waals surface area contributed by atoms with E-state index in [-0.39, 0.29) is 29.4 Å². The zero-order valence-electron chi connectivity index (χ0n) is 26.5. The van der Waals surface area contributed by atoms with Gasteiger partial charge < -0.3 is 30.4 Å². The van der Waals surface area contributed by atoms with E-state index in [1.54, 1.807) is 6.07 Å². The van der Waals surface area contributed by atoms with Crippen LogP contribution in [0.15, 0.2) is 42.6 Å². The number of nitrogens with zero attached hydrogens (tertiary/aromatic N) is 3. The van der Waals surface area contributed by atoms with Gasteiger partial charge in [-0.3, -0.25) is 9.36 Å². The van der Waals surface area contributed by atoms with Gasteiger partial charge in [-0.15, -0.1) is 0 Å². The van der Waals surface area contributed by atoms with Crippen LogP contribution in [0.25, 0.3) is 0 Å². The zero-order valence-corrected chi connectivity index (χ0v) is 27.4. The summed E-state index contributed by atoms with van der Waals surface area (Å²) < 4.78 is 135. The molecular formula is C31H31F9N5O5P. The fourth-order valence-electron chi connectivity index (χ4n) is 6.62. The normalized spacial score (nSPS) is 18.9. The molecule has 2 heterocycles. The molecule has 2 aromatic carbocycles. The topological polar surface area (TPSA) is 148 Å². The van der Waals surface area contributed by atoms with Crippen LogP contribution in [0, 0.1) is 0 Å². The van der Waals surface area contributed by atoms with Crippen LogP contribution in [-0.4, -0.2) is 61.2 Å². The van der Waals surface area contributed by atoms with Gasteiger partial charge >= 0.3 is 26.1 Å². The van der Waals surface area contributed by atoms with Gasteiger partial charge in [0.15, 0.2) is 0 Å². The van der Waals surface area contributed by atoms with Crippen molar-refractivity contribution in [3.63, 3.8) is 0 Å². The molecule has 2 aliphatic rings. The van der Waals surface area contributed by atoms with Gasteiger partial charge in [0.2, 0.25) is 5.95 Å². The lowest BCUT2D eigenvalue weighted by Crippen LogP contribution is -2.37. The average molecular weight is 756 g/mol. The first-order chi connectivity index (χ1) is 23.5. The van der Waals surface area contributed by atoms with Crippen LogP contribution in [-0.2, 0) is 22.4 Å². The lowest BCUT2D eigenvalue weighted by atomic mass is 9.80. The summed E-state index contributed by atoms with van der Waals surface area (Å²) in [4.78, 5) is 41.7. The summed E-state index contributed by atoms with van der Waals surface area (Å²) in [6, 6.07) is 6.15. The van der Waals surface area contributed by atoms with Crippen molar-refractivity contribution in [2.45, 2.75) is 80.8 Å². The third-order valence-electron chi connectivity index (χ3n) is 9.01. The predicted octanol–water partition coefficient (Wildman–Crippen LogP) is 7.86. The second kappa shape index (κ2) is 13.6. The van der Waals surface area contributed by atoms with Crippen molar-refractivity contribution < 1.29 is 63.8 Å². The lowest BCUT2D eigenvalue weighted by Gasteiger charge is -2.36. The molecule has 1 amide bonds. The smallest absolute Gasteiger partial charge is 0.393 e. The molecule has 0 bridgehead atoms. The molecule has 3 aromatic rings. The Hall–Kier alpha value is -3.93. The number of aliphatic hydroxyl groups is 1. The number of fused-ring (bicyclic) bond motifs is 1. The van der Waals surface area contributed by atoms with Crippen LogP contribution in [0.5, 0.6) is 0 Å².